The number of fused-ring (bicyclic) bond motifs is 1. The molecule has 0 saturated heterocycles. The highest BCUT2D eigenvalue weighted by atomic mass is 16.7. The van der Waals surface area contributed by atoms with Crippen LogP contribution in [0.1, 0.15) is 16.1 Å². The van der Waals surface area contributed by atoms with Crippen molar-refractivity contribution in [3.63, 3.8) is 0 Å². The SMILES string of the molecule is Cc1c(C(=O)On2nnc3ccccc32)cnn1C. The van der Waals surface area contributed by atoms with Gasteiger partial charge < -0.3 is 4.84 Å². The van der Waals surface area contributed by atoms with Crippen molar-refractivity contribution in [1.29, 1.82) is 0 Å². The minimum atomic E-state index is -0.513. The summed E-state index contributed by atoms with van der Waals surface area (Å²) in [5.41, 5.74) is 2.44. The Morgan fingerprint density at radius 1 is 1.32 bits per heavy atom. The summed E-state index contributed by atoms with van der Waals surface area (Å²) in [7, 11) is 1.76. The molecular weight excluding hydrogens is 246 g/mol. The molecule has 3 aromatic rings. The van der Waals surface area contributed by atoms with Gasteiger partial charge in [-0.2, -0.15) is 5.10 Å². The predicted octanol–water partition coefficient (Wildman–Crippen LogP) is 0.742. The van der Waals surface area contributed by atoms with Gasteiger partial charge in [0, 0.05) is 12.7 Å². The second-order valence-electron chi connectivity index (χ2n) is 4.10. The topological polar surface area (TPSA) is 74.8 Å². The number of rotatable bonds is 2. The maximum Gasteiger partial charge on any atom is 0.369 e. The summed E-state index contributed by atoms with van der Waals surface area (Å²) in [6.07, 6.45) is 1.47. The largest absolute Gasteiger partial charge is 0.369 e. The summed E-state index contributed by atoms with van der Waals surface area (Å²) in [6.45, 7) is 1.79. The van der Waals surface area contributed by atoms with Crippen LogP contribution in [0.5, 0.6) is 0 Å². The minimum Gasteiger partial charge on any atom is -0.312 e. The number of hydrogen-bond donors (Lipinski definition) is 0. The summed E-state index contributed by atoms with van der Waals surface area (Å²) < 4.78 is 1.61. The molecule has 0 radical (unpaired) electrons. The Morgan fingerprint density at radius 2 is 2.11 bits per heavy atom. The summed E-state index contributed by atoms with van der Waals surface area (Å²) in [5, 5.41) is 11.7. The zero-order chi connectivity index (χ0) is 13.4. The third-order valence-electron chi connectivity index (χ3n) is 2.95. The first-order chi connectivity index (χ1) is 9.16. The van der Waals surface area contributed by atoms with E-state index in [1.165, 1.54) is 6.20 Å². The average molecular weight is 257 g/mol. The number of hydrogen-bond acceptors (Lipinski definition) is 5. The van der Waals surface area contributed by atoms with E-state index >= 15 is 0 Å². The second-order valence-corrected chi connectivity index (χ2v) is 4.10. The molecule has 0 amide bonds. The van der Waals surface area contributed by atoms with Crippen LogP contribution >= 0.6 is 0 Å². The number of para-hydroxylation sites is 1. The lowest BCUT2D eigenvalue weighted by Crippen LogP contribution is -2.21. The first-order valence-corrected chi connectivity index (χ1v) is 5.68. The Bertz CT molecular complexity index is 758. The molecule has 0 N–H and O–H groups in total. The van der Waals surface area contributed by atoms with Crippen LogP contribution in [0, 0.1) is 6.92 Å². The van der Waals surface area contributed by atoms with Crippen LogP contribution in [0.15, 0.2) is 30.5 Å². The van der Waals surface area contributed by atoms with Gasteiger partial charge in [0.15, 0.2) is 0 Å². The third-order valence-corrected chi connectivity index (χ3v) is 2.95. The smallest absolute Gasteiger partial charge is 0.312 e. The number of carbonyl (C=O) groups is 1. The van der Waals surface area contributed by atoms with Crippen molar-refractivity contribution >= 4 is 17.0 Å². The van der Waals surface area contributed by atoms with Crippen molar-refractivity contribution < 1.29 is 9.63 Å². The van der Waals surface area contributed by atoms with Crippen LogP contribution < -0.4 is 4.84 Å². The average Bonchev–Trinajstić information content (AvgIpc) is 2.96. The lowest BCUT2D eigenvalue weighted by Gasteiger charge is -2.02. The van der Waals surface area contributed by atoms with E-state index in [0.717, 1.165) is 10.5 Å². The molecule has 0 saturated carbocycles. The molecule has 0 unspecified atom stereocenters. The Balaban J connectivity index is 1.93. The summed E-state index contributed by atoms with van der Waals surface area (Å²) in [6, 6.07) is 7.24. The standard InChI is InChI=1S/C12H11N5O2/c1-8-9(7-13-16(8)2)12(18)19-17-11-6-4-3-5-10(11)14-15-17/h3-7H,1-2H3. The molecule has 0 aliphatic heterocycles. The Morgan fingerprint density at radius 3 is 2.84 bits per heavy atom. The van der Waals surface area contributed by atoms with Gasteiger partial charge >= 0.3 is 5.97 Å². The Kier molecular flexibility index (Phi) is 2.52. The zero-order valence-corrected chi connectivity index (χ0v) is 10.4. The summed E-state index contributed by atoms with van der Waals surface area (Å²) in [4.78, 5) is 18.3. The number of aryl methyl sites for hydroxylation is 1. The van der Waals surface area contributed by atoms with Gasteiger partial charge in [0.2, 0.25) is 0 Å². The van der Waals surface area contributed by atoms with Gasteiger partial charge in [-0.1, -0.05) is 17.0 Å². The molecule has 0 spiro atoms. The van der Waals surface area contributed by atoms with Crippen molar-refractivity contribution in [2.24, 2.45) is 7.05 Å². The fourth-order valence-electron chi connectivity index (χ4n) is 1.74. The normalized spacial score (nSPS) is 10.8. The highest BCUT2D eigenvalue weighted by Crippen LogP contribution is 2.10. The molecule has 1 aromatic carbocycles. The van der Waals surface area contributed by atoms with E-state index in [-0.39, 0.29) is 0 Å². The predicted molar refractivity (Wildman–Crippen MR) is 66.4 cm³/mol. The fraction of sp³-hybridized carbons (Fsp3) is 0.167. The lowest BCUT2D eigenvalue weighted by atomic mass is 10.3. The zero-order valence-electron chi connectivity index (χ0n) is 10.4. The summed E-state index contributed by atoms with van der Waals surface area (Å²) >= 11 is 0. The van der Waals surface area contributed by atoms with Crippen LogP contribution in [0.3, 0.4) is 0 Å². The van der Waals surface area contributed by atoms with Gasteiger partial charge in [0.05, 0.1) is 6.20 Å². The van der Waals surface area contributed by atoms with E-state index in [0.29, 0.717) is 16.6 Å². The van der Waals surface area contributed by atoms with Crippen molar-refractivity contribution in [2.45, 2.75) is 6.92 Å². The van der Waals surface area contributed by atoms with E-state index in [9.17, 15) is 4.79 Å². The maximum atomic E-state index is 12.0. The van der Waals surface area contributed by atoms with Crippen molar-refractivity contribution in [3.8, 4) is 0 Å². The molecule has 2 heterocycles. The Labute approximate surface area is 108 Å². The molecule has 0 aliphatic rings. The van der Waals surface area contributed by atoms with Gasteiger partial charge in [-0.3, -0.25) is 4.68 Å². The molecule has 7 heteroatoms. The molecule has 7 nitrogen and oxygen atoms in total. The van der Waals surface area contributed by atoms with Crippen molar-refractivity contribution in [2.75, 3.05) is 0 Å². The molecule has 96 valence electrons. The molecule has 0 atom stereocenters. The van der Waals surface area contributed by atoms with Gasteiger partial charge in [-0.15, -0.1) is 5.10 Å². The number of aromatic nitrogens is 5. The fourth-order valence-corrected chi connectivity index (χ4v) is 1.74. The van der Waals surface area contributed by atoms with Gasteiger partial charge in [0.25, 0.3) is 0 Å². The highest BCUT2D eigenvalue weighted by molar-refractivity contribution is 5.91. The van der Waals surface area contributed by atoms with Crippen LogP contribution in [0.2, 0.25) is 0 Å². The van der Waals surface area contributed by atoms with Crippen LogP contribution in [-0.2, 0) is 7.05 Å². The second kappa shape index (κ2) is 4.20. The van der Waals surface area contributed by atoms with Gasteiger partial charge in [-0.05, 0) is 24.3 Å². The quantitative estimate of drug-likeness (QED) is 0.633. The molecule has 0 aliphatic carbocycles. The maximum absolute atomic E-state index is 12.0. The number of benzene rings is 1. The molecular formula is C12H11N5O2. The lowest BCUT2D eigenvalue weighted by molar-refractivity contribution is 0.0408. The van der Waals surface area contributed by atoms with Gasteiger partial charge in [0.1, 0.15) is 16.6 Å². The Hall–Kier alpha value is -2.70. The van der Waals surface area contributed by atoms with Crippen molar-refractivity contribution in [1.82, 2.24) is 24.9 Å². The number of carbonyl (C=O) groups excluding carboxylic acids is 1. The van der Waals surface area contributed by atoms with E-state index in [1.807, 2.05) is 12.1 Å². The first kappa shape index (κ1) is 11.4. The van der Waals surface area contributed by atoms with Gasteiger partial charge in [-0.25, -0.2) is 4.79 Å². The molecule has 0 bridgehead atoms. The molecule has 2 aromatic heterocycles. The van der Waals surface area contributed by atoms with Crippen LogP contribution in [0.25, 0.3) is 11.0 Å². The van der Waals surface area contributed by atoms with E-state index in [1.54, 1.807) is 30.8 Å². The molecule has 19 heavy (non-hydrogen) atoms. The van der Waals surface area contributed by atoms with Crippen molar-refractivity contribution in [3.05, 3.63) is 41.7 Å². The van der Waals surface area contributed by atoms with Crippen LogP contribution in [-0.4, -0.2) is 30.9 Å². The third kappa shape index (κ3) is 1.85. The first-order valence-electron chi connectivity index (χ1n) is 5.68. The monoisotopic (exact) mass is 257 g/mol. The summed E-state index contributed by atoms with van der Waals surface area (Å²) in [5.74, 6) is -0.513. The number of nitrogens with zero attached hydrogens (tertiary/aromatic N) is 5. The highest BCUT2D eigenvalue weighted by Gasteiger charge is 2.17. The van der Waals surface area contributed by atoms with E-state index in [4.69, 9.17) is 4.84 Å². The minimum absolute atomic E-state index is 0.405. The van der Waals surface area contributed by atoms with Crippen LogP contribution in [0.4, 0.5) is 0 Å². The van der Waals surface area contributed by atoms with E-state index in [2.05, 4.69) is 15.4 Å². The molecule has 3 rings (SSSR count). The van der Waals surface area contributed by atoms with E-state index < -0.39 is 5.97 Å². The molecule has 0 fully saturated rings.